The summed E-state index contributed by atoms with van der Waals surface area (Å²) in [5.41, 5.74) is 7.20. The fourth-order valence-corrected chi connectivity index (χ4v) is 4.16. The van der Waals surface area contributed by atoms with Crippen molar-refractivity contribution in [2.75, 3.05) is 0 Å². The van der Waals surface area contributed by atoms with Crippen molar-refractivity contribution in [1.82, 2.24) is 14.6 Å². The Labute approximate surface area is 154 Å². The lowest BCUT2D eigenvalue weighted by Crippen LogP contribution is -2.15. The molecular formula is C21H16BrN3. The van der Waals surface area contributed by atoms with Crippen molar-refractivity contribution in [3.63, 3.8) is 0 Å². The van der Waals surface area contributed by atoms with Gasteiger partial charge in [-0.15, -0.1) is 5.10 Å². The number of fused-ring (bicyclic) bond motifs is 4. The molecule has 2 heterocycles. The Morgan fingerprint density at radius 3 is 2.48 bits per heavy atom. The summed E-state index contributed by atoms with van der Waals surface area (Å²) in [4.78, 5) is 4.66. The molecule has 4 aromatic rings. The largest absolute Gasteiger partial charge is 0.221 e. The van der Waals surface area contributed by atoms with E-state index in [0.717, 1.165) is 21.5 Å². The minimum atomic E-state index is -0.0381. The summed E-state index contributed by atoms with van der Waals surface area (Å²) in [6, 6.07) is 19.0. The van der Waals surface area contributed by atoms with Crippen LogP contribution in [0.2, 0.25) is 0 Å². The Morgan fingerprint density at radius 1 is 0.920 bits per heavy atom. The number of pyridine rings is 1. The maximum Gasteiger partial charge on any atom is 0.182 e. The van der Waals surface area contributed by atoms with Crippen molar-refractivity contribution in [1.29, 1.82) is 0 Å². The number of rotatable bonds is 1. The molecule has 5 rings (SSSR count). The molecule has 2 aromatic carbocycles. The fourth-order valence-electron chi connectivity index (χ4n) is 3.80. The van der Waals surface area contributed by atoms with E-state index in [1.54, 1.807) is 0 Å². The van der Waals surface area contributed by atoms with E-state index in [1.807, 2.05) is 28.9 Å². The highest BCUT2D eigenvalue weighted by molar-refractivity contribution is 9.10. The number of benzene rings is 2. The lowest BCUT2D eigenvalue weighted by Gasteiger charge is -2.21. The van der Waals surface area contributed by atoms with Gasteiger partial charge < -0.3 is 0 Å². The minimum Gasteiger partial charge on any atom is -0.221 e. The number of nitrogens with zero attached hydrogens (tertiary/aromatic N) is 3. The van der Waals surface area contributed by atoms with Crippen molar-refractivity contribution in [3.8, 4) is 22.5 Å². The normalized spacial score (nSPS) is 14.5. The van der Waals surface area contributed by atoms with E-state index in [-0.39, 0.29) is 5.41 Å². The summed E-state index contributed by atoms with van der Waals surface area (Å²) in [7, 11) is 0. The zero-order chi connectivity index (χ0) is 17.2. The molecule has 0 saturated carbocycles. The van der Waals surface area contributed by atoms with Crippen molar-refractivity contribution < 1.29 is 0 Å². The highest BCUT2D eigenvalue weighted by atomic mass is 79.9. The molecule has 0 amide bonds. The van der Waals surface area contributed by atoms with Crippen molar-refractivity contribution in [2.45, 2.75) is 19.3 Å². The van der Waals surface area contributed by atoms with Crippen LogP contribution < -0.4 is 0 Å². The maximum atomic E-state index is 4.66. The van der Waals surface area contributed by atoms with Gasteiger partial charge in [-0.25, -0.2) is 9.50 Å². The Balaban J connectivity index is 1.70. The van der Waals surface area contributed by atoms with Gasteiger partial charge in [-0.1, -0.05) is 54.0 Å². The first kappa shape index (κ1) is 14.8. The first-order chi connectivity index (χ1) is 12.0. The number of hydrogen-bond donors (Lipinski definition) is 0. The van der Waals surface area contributed by atoms with Gasteiger partial charge in [0, 0.05) is 21.6 Å². The highest BCUT2D eigenvalue weighted by Gasteiger charge is 2.35. The third kappa shape index (κ3) is 2.10. The van der Waals surface area contributed by atoms with Gasteiger partial charge >= 0.3 is 0 Å². The zero-order valence-corrected chi connectivity index (χ0v) is 15.6. The first-order valence-corrected chi connectivity index (χ1v) is 9.10. The molecule has 0 bridgehead atoms. The monoisotopic (exact) mass is 389 g/mol. The van der Waals surface area contributed by atoms with E-state index in [1.165, 1.54) is 22.3 Å². The topological polar surface area (TPSA) is 30.2 Å². The lowest BCUT2D eigenvalue weighted by molar-refractivity contribution is 0.660. The van der Waals surface area contributed by atoms with Crippen LogP contribution in [0.1, 0.15) is 25.0 Å². The van der Waals surface area contributed by atoms with Crippen LogP contribution in [-0.4, -0.2) is 14.6 Å². The van der Waals surface area contributed by atoms with Crippen LogP contribution in [0, 0.1) is 0 Å². The van der Waals surface area contributed by atoms with E-state index in [0.29, 0.717) is 0 Å². The molecule has 0 spiro atoms. The molecule has 0 unspecified atom stereocenters. The fraction of sp³-hybridized carbons (Fsp3) is 0.143. The van der Waals surface area contributed by atoms with E-state index in [9.17, 15) is 0 Å². The highest BCUT2D eigenvalue weighted by Crippen LogP contribution is 2.50. The molecule has 4 heteroatoms. The van der Waals surface area contributed by atoms with Crippen LogP contribution in [0.5, 0.6) is 0 Å². The Bertz CT molecular complexity index is 1110. The summed E-state index contributed by atoms with van der Waals surface area (Å²) < 4.78 is 2.94. The molecule has 0 saturated heterocycles. The zero-order valence-electron chi connectivity index (χ0n) is 14.0. The van der Waals surface area contributed by atoms with Gasteiger partial charge in [0.25, 0.3) is 0 Å². The number of hydrogen-bond acceptors (Lipinski definition) is 2. The average molecular weight is 390 g/mol. The van der Waals surface area contributed by atoms with Crippen LogP contribution in [0.25, 0.3) is 28.2 Å². The quantitative estimate of drug-likeness (QED) is 0.432. The SMILES string of the molecule is CC1(C)c2cc(Br)ccc2-c2ccc(-c3nc4ccccn4n3)cc21. The van der Waals surface area contributed by atoms with Gasteiger partial charge in [0.05, 0.1) is 0 Å². The molecule has 2 aromatic heterocycles. The van der Waals surface area contributed by atoms with Crippen LogP contribution in [0.15, 0.2) is 65.3 Å². The van der Waals surface area contributed by atoms with Crippen molar-refractivity contribution >= 4 is 21.6 Å². The predicted molar refractivity (Wildman–Crippen MR) is 104 cm³/mol. The molecule has 0 aliphatic heterocycles. The lowest BCUT2D eigenvalue weighted by atomic mass is 9.82. The third-order valence-electron chi connectivity index (χ3n) is 5.14. The molecule has 1 aliphatic carbocycles. The Morgan fingerprint density at radius 2 is 1.68 bits per heavy atom. The maximum absolute atomic E-state index is 4.66. The molecule has 0 fully saturated rings. The van der Waals surface area contributed by atoms with Crippen LogP contribution in [-0.2, 0) is 5.41 Å². The molecule has 3 nitrogen and oxygen atoms in total. The predicted octanol–water partition coefficient (Wildman–Crippen LogP) is 5.47. The molecule has 0 atom stereocenters. The number of halogens is 1. The second-order valence-electron chi connectivity index (χ2n) is 7.01. The number of aromatic nitrogens is 3. The van der Waals surface area contributed by atoms with Gasteiger partial charge in [0.2, 0.25) is 0 Å². The van der Waals surface area contributed by atoms with E-state index in [2.05, 4.69) is 76.3 Å². The molecule has 122 valence electrons. The summed E-state index contributed by atoms with van der Waals surface area (Å²) in [6.45, 7) is 4.57. The van der Waals surface area contributed by atoms with Crippen molar-refractivity contribution in [2.24, 2.45) is 0 Å². The molecule has 25 heavy (non-hydrogen) atoms. The average Bonchev–Trinajstić information content (AvgIpc) is 3.13. The Hall–Kier alpha value is -2.46. The second kappa shape index (κ2) is 5.02. The molecular weight excluding hydrogens is 374 g/mol. The third-order valence-corrected chi connectivity index (χ3v) is 5.63. The molecule has 0 radical (unpaired) electrons. The summed E-state index contributed by atoms with van der Waals surface area (Å²) in [6.07, 6.45) is 1.93. The van der Waals surface area contributed by atoms with Gasteiger partial charge in [-0.05, 0) is 52.6 Å². The summed E-state index contributed by atoms with van der Waals surface area (Å²) in [5, 5.41) is 4.62. The molecule has 0 N–H and O–H groups in total. The van der Waals surface area contributed by atoms with E-state index < -0.39 is 0 Å². The van der Waals surface area contributed by atoms with Gasteiger partial charge in [-0.3, -0.25) is 0 Å². The molecule has 1 aliphatic rings. The van der Waals surface area contributed by atoms with Gasteiger partial charge in [0.1, 0.15) is 0 Å². The smallest absolute Gasteiger partial charge is 0.182 e. The summed E-state index contributed by atoms with van der Waals surface area (Å²) in [5.74, 6) is 0.766. The van der Waals surface area contributed by atoms with Gasteiger partial charge in [-0.2, -0.15) is 0 Å². The van der Waals surface area contributed by atoms with Crippen molar-refractivity contribution in [3.05, 3.63) is 76.4 Å². The second-order valence-corrected chi connectivity index (χ2v) is 7.93. The first-order valence-electron chi connectivity index (χ1n) is 8.31. The Kier molecular flexibility index (Phi) is 2.98. The summed E-state index contributed by atoms with van der Waals surface area (Å²) >= 11 is 3.61. The van der Waals surface area contributed by atoms with E-state index >= 15 is 0 Å². The van der Waals surface area contributed by atoms with Crippen LogP contribution >= 0.6 is 15.9 Å². The van der Waals surface area contributed by atoms with Gasteiger partial charge in [0.15, 0.2) is 11.5 Å². The van der Waals surface area contributed by atoms with Crippen LogP contribution in [0.4, 0.5) is 0 Å². The van der Waals surface area contributed by atoms with Crippen LogP contribution in [0.3, 0.4) is 0 Å². The van der Waals surface area contributed by atoms with E-state index in [4.69, 9.17) is 0 Å². The standard InChI is InChI=1S/C21H16BrN3/c1-21(2)17-11-13(20-23-19-5-3-4-10-25(19)24-20)6-8-15(17)16-9-7-14(22)12-18(16)21/h3-12H,1-2H3. The minimum absolute atomic E-state index is 0.0381.